The second-order valence-corrected chi connectivity index (χ2v) is 8.98. The van der Waals surface area contributed by atoms with Crippen LogP contribution in [-0.2, 0) is 9.53 Å². The minimum Gasteiger partial charge on any atom is -0.450 e. The van der Waals surface area contributed by atoms with E-state index in [9.17, 15) is 9.59 Å². The monoisotopic (exact) mass is 395 g/mol. The van der Waals surface area contributed by atoms with Crippen LogP contribution in [0.4, 0.5) is 4.79 Å². The molecule has 0 radical (unpaired) electrons. The second-order valence-electron chi connectivity index (χ2n) is 8.98. The molecule has 1 aliphatic heterocycles. The van der Waals surface area contributed by atoms with Gasteiger partial charge in [-0.25, -0.2) is 4.79 Å². The molecule has 162 valence electrons. The molecule has 1 heterocycles. The van der Waals surface area contributed by atoms with Crippen molar-refractivity contribution in [2.75, 3.05) is 46.4 Å². The van der Waals surface area contributed by atoms with Crippen LogP contribution in [0.15, 0.2) is 0 Å². The minimum atomic E-state index is -0.156. The maximum atomic E-state index is 12.6. The van der Waals surface area contributed by atoms with Crippen LogP contribution in [0.5, 0.6) is 0 Å². The Morgan fingerprint density at radius 1 is 1.18 bits per heavy atom. The molecule has 1 saturated heterocycles. The Morgan fingerprint density at radius 3 is 2.39 bits per heavy atom. The average molecular weight is 396 g/mol. The molecule has 2 amide bonds. The van der Waals surface area contributed by atoms with Crippen LogP contribution in [0, 0.1) is 17.3 Å². The maximum Gasteiger partial charge on any atom is 0.409 e. The number of carbonyl (C=O) groups is 2. The van der Waals surface area contributed by atoms with Crippen molar-refractivity contribution in [3.63, 3.8) is 0 Å². The highest BCUT2D eigenvalue weighted by Gasteiger charge is 2.50. The number of nitrogens with zero attached hydrogens (tertiary/aromatic N) is 3. The summed E-state index contributed by atoms with van der Waals surface area (Å²) in [5.41, 5.74) is 0.309. The summed E-state index contributed by atoms with van der Waals surface area (Å²) in [4.78, 5) is 30.8. The number of hydrogen-bond donors (Lipinski definition) is 0. The molecule has 1 aliphatic carbocycles. The zero-order chi connectivity index (χ0) is 20.9. The first kappa shape index (κ1) is 23.0. The van der Waals surface area contributed by atoms with Gasteiger partial charge in [0.1, 0.15) is 0 Å². The number of likely N-dealkylation sites (tertiary alicyclic amines) is 1. The minimum absolute atomic E-state index is 0.0778. The van der Waals surface area contributed by atoms with Gasteiger partial charge in [0.05, 0.1) is 6.61 Å². The molecule has 0 N–H and O–H groups in total. The highest BCUT2D eigenvalue weighted by molar-refractivity contribution is 5.78. The van der Waals surface area contributed by atoms with Crippen molar-refractivity contribution in [1.82, 2.24) is 14.7 Å². The summed E-state index contributed by atoms with van der Waals surface area (Å²) >= 11 is 0. The highest BCUT2D eigenvalue weighted by atomic mass is 16.6. The van der Waals surface area contributed by atoms with E-state index in [0.717, 1.165) is 45.6 Å². The predicted molar refractivity (Wildman–Crippen MR) is 112 cm³/mol. The molecule has 6 heteroatoms. The average Bonchev–Trinajstić information content (AvgIpc) is 3.11. The Kier molecular flexibility index (Phi) is 8.17. The van der Waals surface area contributed by atoms with E-state index in [4.69, 9.17) is 4.74 Å². The number of carbonyl (C=O) groups excluding carboxylic acids is 2. The van der Waals surface area contributed by atoms with E-state index in [1.165, 1.54) is 12.8 Å². The number of hydrogen-bond acceptors (Lipinski definition) is 4. The summed E-state index contributed by atoms with van der Waals surface area (Å²) in [6.07, 6.45) is 4.32. The fourth-order valence-electron chi connectivity index (χ4n) is 4.80. The van der Waals surface area contributed by atoms with Crippen molar-refractivity contribution in [2.45, 2.75) is 66.3 Å². The normalized spacial score (nSPS) is 26.2. The Bertz CT molecular complexity index is 529. The lowest BCUT2D eigenvalue weighted by Crippen LogP contribution is -2.51. The zero-order valence-electron chi connectivity index (χ0n) is 18.9. The first-order valence-electron chi connectivity index (χ1n) is 11.2. The predicted octanol–water partition coefficient (Wildman–Crippen LogP) is 3.46. The zero-order valence-corrected chi connectivity index (χ0v) is 18.9. The van der Waals surface area contributed by atoms with Crippen molar-refractivity contribution in [2.24, 2.45) is 17.3 Å². The maximum absolute atomic E-state index is 12.6. The molecule has 0 aromatic heterocycles. The lowest BCUT2D eigenvalue weighted by atomic mass is 9.64. The third-order valence-electron chi connectivity index (χ3n) is 7.18. The molecule has 0 bridgehead atoms. The molecular formula is C22H41N3O3. The number of rotatable bonds is 9. The molecule has 2 aliphatic rings. The molecule has 0 aromatic carbocycles. The van der Waals surface area contributed by atoms with Gasteiger partial charge in [0.15, 0.2) is 0 Å². The van der Waals surface area contributed by atoms with E-state index in [0.29, 0.717) is 24.0 Å². The van der Waals surface area contributed by atoms with Crippen LogP contribution in [0.1, 0.15) is 60.3 Å². The molecule has 28 heavy (non-hydrogen) atoms. The van der Waals surface area contributed by atoms with Crippen LogP contribution >= 0.6 is 0 Å². The largest absolute Gasteiger partial charge is 0.450 e. The fourth-order valence-corrected chi connectivity index (χ4v) is 4.80. The molecule has 0 aromatic rings. The van der Waals surface area contributed by atoms with E-state index >= 15 is 0 Å². The smallest absolute Gasteiger partial charge is 0.409 e. The van der Waals surface area contributed by atoms with Gasteiger partial charge in [-0.2, -0.15) is 0 Å². The Labute approximate surface area is 171 Å². The fraction of sp³-hybridized carbons (Fsp3) is 0.909. The van der Waals surface area contributed by atoms with Crippen LogP contribution in [-0.4, -0.2) is 79.1 Å². The van der Waals surface area contributed by atoms with Crippen LogP contribution in [0.2, 0.25) is 0 Å². The Morgan fingerprint density at radius 2 is 1.82 bits per heavy atom. The van der Waals surface area contributed by atoms with Crippen molar-refractivity contribution >= 4 is 12.0 Å². The van der Waals surface area contributed by atoms with Gasteiger partial charge >= 0.3 is 6.09 Å². The molecule has 2 fully saturated rings. The van der Waals surface area contributed by atoms with Crippen molar-refractivity contribution < 1.29 is 14.3 Å². The van der Waals surface area contributed by atoms with Crippen molar-refractivity contribution in [1.29, 1.82) is 0 Å². The second kappa shape index (κ2) is 9.95. The quantitative estimate of drug-likeness (QED) is 0.600. The third kappa shape index (κ3) is 5.19. The first-order valence-corrected chi connectivity index (χ1v) is 11.2. The lowest BCUT2D eigenvalue weighted by Gasteiger charge is -2.49. The standard InChI is InChI=1S/C22H41N3O3/c1-7-24(8-2)20(26)18(5)17(4)10-12-23(6)19-14-22(15-19)11-13-25(16-22)21(27)28-9-3/h17-19H,7-16H2,1-6H3. The molecule has 1 saturated carbocycles. The summed E-state index contributed by atoms with van der Waals surface area (Å²) in [7, 11) is 2.21. The molecule has 6 nitrogen and oxygen atoms in total. The van der Waals surface area contributed by atoms with E-state index in [-0.39, 0.29) is 17.9 Å². The highest BCUT2D eigenvalue weighted by Crippen LogP contribution is 2.50. The van der Waals surface area contributed by atoms with Gasteiger partial charge < -0.3 is 19.4 Å². The third-order valence-corrected chi connectivity index (χ3v) is 7.18. The first-order chi connectivity index (χ1) is 13.3. The summed E-state index contributed by atoms with van der Waals surface area (Å²) in [5.74, 6) is 0.747. The SMILES string of the molecule is CCOC(=O)N1CCC2(CC(N(C)CCC(C)C(C)C(=O)N(CC)CC)C2)C1. The van der Waals surface area contributed by atoms with Gasteiger partial charge in [-0.1, -0.05) is 13.8 Å². The lowest BCUT2D eigenvalue weighted by molar-refractivity contribution is -0.136. The molecule has 2 atom stereocenters. The summed E-state index contributed by atoms with van der Waals surface area (Å²) in [5, 5.41) is 0. The number of amides is 2. The molecule has 2 rings (SSSR count). The van der Waals surface area contributed by atoms with Crippen LogP contribution < -0.4 is 0 Å². The van der Waals surface area contributed by atoms with Gasteiger partial charge in [0, 0.05) is 38.1 Å². The van der Waals surface area contributed by atoms with Crippen molar-refractivity contribution in [3.8, 4) is 0 Å². The van der Waals surface area contributed by atoms with Crippen LogP contribution in [0.25, 0.3) is 0 Å². The molecule has 1 spiro atoms. The van der Waals surface area contributed by atoms with Crippen molar-refractivity contribution in [3.05, 3.63) is 0 Å². The molecular weight excluding hydrogens is 354 g/mol. The number of ether oxygens (including phenoxy) is 1. The summed E-state index contributed by atoms with van der Waals surface area (Å²) < 4.78 is 5.15. The Hall–Kier alpha value is -1.30. The van der Waals surface area contributed by atoms with Gasteiger partial charge in [0.2, 0.25) is 5.91 Å². The van der Waals surface area contributed by atoms with E-state index < -0.39 is 0 Å². The summed E-state index contributed by atoms with van der Waals surface area (Å²) in [6, 6.07) is 0.600. The van der Waals surface area contributed by atoms with Gasteiger partial charge in [-0.15, -0.1) is 0 Å². The van der Waals surface area contributed by atoms with Gasteiger partial charge in [-0.05, 0) is 71.4 Å². The van der Waals surface area contributed by atoms with E-state index in [1.807, 2.05) is 30.6 Å². The summed E-state index contributed by atoms with van der Waals surface area (Å²) in [6.45, 7) is 15.0. The van der Waals surface area contributed by atoms with Gasteiger partial charge in [-0.3, -0.25) is 4.79 Å². The molecule has 2 unspecified atom stereocenters. The van der Waals surface area contributed by atoms with Crippen LogP contribution in [0.3, 0.4) is 0 Å². The Balaban J connectivity index is 1.73. The topological polar surface area (TPSA) is 53.1 Å². The van der Waals surface area contributed by atoms with E-state index in [2.05, 4.69) is 25.8 Å². The van der Waals surface area contributed by atoms with E-state index in [1.54, 1.807) is 0 Å². The van der Waals surface area contributed by atoms with Gasteiger partial charge in [0.25, 0.3) is 0 Å².